The van der Waals surface area contributed by atoms with Crippen molar-refractivity contribution in [3.63, 3.8) is 0 Å². The molecule has 0 heterocycles. The van der Waals surface area contributed by atoms with Crippen LogP contribution in [0.1, 0.15) is 58.1 Å². The van der Waals surface area contributed by atoms with Crippen LogP contribution in [-0.2, 0) is 0 Å². The summed E-state index contributed by atoms with van der Waals surface area (Å²) in [6, 6.07) is 7.39. The first-order chi connectivity index (χ1) is 9.85. The van der Waals surface area contributed by atoms with Crippen LogP contribution in [0.2, 0.25) is 0 Å². The number of hydrogen-bond acceptors (Lipinski definition) is 2. The second-order valence-electron chi connectivity index (χ2n) is 6.83. The number of carbonyl (C=O) groups is 1. The Morgan fingerprint density at radius 2 is 1.81 bits per heavy atom. The predicted octanol–water partition coefficient (Wildman–Crippen LogP) is 3.83. The van der Waals surface area contributed by atoms with E-state index in [4.69, 9.17) is 0 Å². The Kier molecular flexibility index (Phi) is 4.88. The third-order valence-electron chi connectivity index (χ3n) is 4.33. The van der Waals surface area contributed by atoms with Crippen molar-refractivity contribution >= 4 is 11.7 Å². The van der Waals surface area contributed by atoms with Crippen molar-refractivity contribution in [2.45, 2.75) is 58.6 Å². The first kappa shape index (κ1) is 15.8. The molecule has 1 unspecified atom stereocenters. The molecule has 1 saturated carbocycles. The average molecular weight is 290 g/mol. The fraction of sp³-hybridized carbons (Fsp3) is 0.588. The molecule has 1 aliphatic rings. The number of carbonyl (C=O) groups excluding carboxylic acids is 1. The van der Waals surface area contributed by atoms with Gasteiger partial charge in [-0.3, -0.25) is 0 Å². The Morgan fingerprint density at radius 1 is 1.24 bits per heavy atom. The van der Waals surface area contributed by atoms with Gasteiger partial charge in [-0.05, 0) is 55.7 Å². The molecule has 4 heteroatoms. The van der Waals surface area contributed by atoms with E-state index in [-0.39, 0.29) is 12.1 Å². The Hall–Kier alpha value is -1.55. The lowest BCUT2D eigenvalue weighted by Crippen LogP contribution is -2.41. The largest absolute Gasteiger partial charge is 0.389 e. The molecule has 2 rings (SSSR count). The second kappa shape index (κ2) is 6.48. The van der Waals surface area contributed by atoms with Gasteiger partial charge in [0, 0.05) is 11.7 Å². The molecular formula is C17H26N2O2. The molecule has 1 aliphatic carbocycles. The number of amides is 2. The molecule has 2 amide bonds. The fourth-order valence-corrected chi connectivity index (χ4v) is 2.74. The van der Waals surface area contributed by atoms with Crippen molar-refractivity contribution in [3.8, 4) is 0 Å². The zero-order valence-corrected chi connectivity index (χ0v) is 13.1. The van der Waals surface area contributed by atoms with Crippen molar-refractivity contribution in [3.05, 3.63) is 29.8 Å². The van der Waals surface area contributed by atoms with Gasteiger partial charge in [-0.1, -0.05) is 26.0 Å². The summed E-state index contributed by atoms with van der Waals surface area (Å²) in [6.07, 6.45) is 3.91. The zero-order chi connectivity index (χ0) is 15.5. The van der Waals surface area contributed by atoms with Gasteiger partial charge in [-0.2, -0.15) is 0 Å². The molecule has 0 aromatic heterocycles. The number of aliphatic hydroxyl groups excluding tert-OH is 1. The highest BCUT2D eigenvalue weighted by Gasteiger charge is 2.27. The van der Waals surface area contributed by atoms with Crippen LogP contribution in [0, 0.1) is 5.41 Å². The molecule has 0 aliphatic heterocycles. The van der Waals surface area contributed by atoms with Gasteiger partial charge in [0.1, 0.15) is 0 Å². The van der Waals surface area contributed by atoms with Gasteiger partial charge in [0.15, 0.2) is 0 Å². The van der Waals surface area contributed by atoms with E-state index in [0.29, 0.717) is 5.41 Å². The number of anilines is 1. The summed E-state index contributed by atoms with van der Waals surface area (Å²) in [7, 11) is 0. The molecule has 3 N–H and O–H groups in total. The van der Waals surface area contributed by atoms with Crippen LogP contribution in [-0.4, -0.2) is 17.2 Å². The summed E-state index contributed by atoms with van der Waals surface area (Å²) < 4.78 is 0. The van der Waals surface area contributed by atoms with Crippen LogP contribution >= 0.6 is 0 Å². The number of urea groups is 1. The molecule has 1 fully saturated rings. The van der Waals surface area contributed by atoms with E-state index in [1.807, 2.05) is 24.3 Å². The van der Waals surface area contributed by atoms with E-state index in [9.17, 15) is 9.90 Å². The smallest absolute Gasteiger partial charge is 0.319 e. The topological polar surface area (TPSA) is 61.4 Å². The lowest BCUT2D eigenvalue weighted by Gasteiger charge is -2.34. The zero-order valence-electron chi connectivity index (χ0n) is 13.1. The van der Waals surface area contributed by atoms with E-state index in [1.165, 1.54) is 0 Å². The van der Waals surface area contributed by atoms with Crippen LogP contribution in [0.4, 0.5) is 10.5 Å². The molecule has 4 nitrogen and oxygen atoms in total. The lowest BCUT2D eigenvalue weighted by atomic mass is 9.76. The molecule has 0 radical (unpaired) electrons. The van der Waals surface area contributed by atoms with Gasteiger partial charge in [0.2, 0.25) is 0 Å². The Balaban J connectivity index is 1.82. The summed E-state index contributed by atoms with van der Waals surface area (Å²) in [5.41, 5.74) is 1.99. The standard InChI is InChI=1S/C17H26N2O2/c1-12(20)13-4-6-14(7-5-13)18-16(21)19-15-8-10-17(2,3)11-9-15/h4-7,12,15,20H,8-11H2,1-3H3,(H2,18,19,21). The maximum absolute atomic E-state index is 12.0. The number of hydrogen-bond donors (Lipinski definition) is 3. The van der Waals surface area contributed by atoms with Gasteiger partial charge < -0.3 is 15.7 Å². The molecule has 116 valence electrons. The van der Waals surface area contributed by atoms with E-state index in [1.54, 1.807) is 6.92 Å². The van der Waals surface area contributed by atoms with E-state index in [2.05, 4.69) is 24.5 Å². The highest BCUT2D eigenvalue weighted by Crippen LogP contribution is 2.34. The van der Waals surface area contributed by atoms with Crippen molar-refractivity contribution in [2.75, 3.05) is 5.32 Å². The second-order valence-corrected chi connectivity index (χ2v) is 6.83. The van der Waals surface area contributed by atoms with Crippen LogP contribution in [0.15, 0.2) is 24.3 Å². The number of benzene rings is 1. The van der Waals surface area contributed by atoms with Crippen molar-refractivity contribution < 1.29 is 9.90 Å². The summed E-state index contributed by atoms with van der Waals surface area (Å²) in [4.78, 5) is 12.0. The average Bonchev–Trinajstić information content (AvgIpc) is 2.42. The maximum Gasteiger partial charge on any atom is 0.319 e. The molecular weight excluding hydrogens is 264 g/mol. The molecule has 1 atom stereocenters. The van der Waals surface area contributed by atoms with Crippen LogP contribution < -0.4 is 10.6 Å². The highest BCUT2D eigenvalue weighted by atomic mass is 16.3. The maximum atomic E-state index is 12.0. The van der Waals surface area contributed by atoms with Gasteiger partial charge >= 0.3 is 6.03 Å². The molecule has 0 bridgehead atoms. The van der Waals surface area contributed by atoms with Gasteiger partial charge in [0.25, 0.3) is 0 Å². The molecule has 0 saturated heterocycles. The predicted molar refractivity (Wildman–Crippen MR) is 85.3 cm³/mol. The van der Waals surface area contributed by atoms with Crippen molar-refractivity contribution in [2.24, 2.45) is 5.41 Å². The van der Waals surface area contributed by atoms with E-state index < -0.39 is 6.10 Å². The number of aliphatic hydroxyl groups is 1. The minimum absolute atomic E-state index is 0.149. The van der Waals surface area contributed by atoms with Gasteiger partial charge in [-0.15, -0.1) is 0 Å². The first-order valence-corrected chi connectivity index (χ1v) is 7.71. The summed E-state index contributed by atoms with van der Waals surface area (Å²) in [5.74, 6) is 0. The number of nitrogens with one attached hydrogen (secondary N) is 2. The van der Waals surface area contributed by atoms with Gasteiger partial charge in [-0.25, -0.2) is 4.79 Å². The highest BCUT2D eigenvalue weighted by molar-refractivity contribution is 5.89. The quantitative estimate of drug-likeness (QED) is 0.792. The summed E-state index contributed by atoms with van der Waals surface area (Å²) in [6.45, 7) is 6.29. The van der Waals surface area contributed by atoms with Crippen molar-refractivity contribution in [1.82, 2.24) is 5.32 Å². The van der Waals surface area contributed by atoms with Crippen LogP contribution in [0.3, 0.4) is 0 Å². The molecule has 1 aromatic carbocycles. The number of rotatable bonds is 3. The summed E-state index contributed by atoms with van der Waals surface area (Å²) >= 11 is 0. The Labute approximate surface area is 126 Å². The van der Waals surface area contributed by atoms with Crippen LogP contribution in [0.5, 0.6) is 0 Å². The molecule has 1 aromatic rings. The fourth-order valence-electron chi connectivity index (χ4n) is 2.74. The Bertz CT molecular complexity index is 470. The minimum atomic E-state index is -0.488. The lowest BCUT2D eigenvalue weighted by molar-refractivity contribution is 0.199. The summed E-state index contributed by atoms with van der Waals surface area (Å²) in [5, 5.41) is 15.3. The third-order valence-corrected chi connectivity index (χ3v) is 4.33. The molecule has 21 heavy (non-hydrogen) atoms. The van der Waals surface area contributed by atoms with E-state index in [0.717, 1.165) is 36.9 Å². The van der Waals surface area contributed by atoms with E-state index >= 15 is 0 Å². The van der Waals surface area contributed by atoms with Gasteiger partial charge in [0.05, 0.1) is 6.10 Å². The van der Waals surface area contributed by atoms with Crippen molar-refractivity contribution in [1.29, 1.82) is 0 Å². The van der Waals surface area contributed by atoms with Crippen LogP contribution in [0.25, 0.3) is 0 Å². The monoisotopic (exact) mass is 290 g/mol. The molecule has 0 spiro atoms. The normalized spacial score (nSPS) is 19.8. The Morgan fingerprint density at radius 3 is 2.33 bits per heavy atom. The first-order valence-electron chi connectivity index (χ1n) is 7.71. The minimum Gasteiger partial charge on any atom is -0.389 e. The SMILES string of the molecule is CC(O)c1ccc(NC(=O)NC2CCC(C)(C)CC2)cc1. The third kappa shape index (κ3) is 4.74.